The topological polar surface area (TPSA) is 43.1 Å². The Balaban J connectivity index is 0. The Kier molecular flexibility index (Phi) is 5.84. The second-order valence-electron chi connectivity index (χ2n) is 2.31. The standard InChI is InChI=1S/C4H7F3.C2H5NO/c1-3(2)4(5,6)7;1-2(3)4/h3H,1-2H3;1H3,(H2,3,4). The molecule has 0 aromatic heterocycles. The minimum absolute atomic E-state index is 0.333. The van der Waals surface area contributed by atoms with Crippen molar-refractivity contribution in [1.29, 1.82) is 0 Å². The van der Waals surface area contributed by atoms with Crippen molar-refractivity contribution in [3.05, 3.63) is 0 Å². The van der Waals surface area contributed by atoms with Gasteiger partial charge in [-0.1, -0.05) is 13.8 Å². The Labute approximate surface area is 63.6 Å². The van der Waals surface area contributed by atoms with Gasteiger partial charge in [0.1, 0.15) is 0 Å². The van der Waals surface area contributed by atoms with E-state index in [2.05, 4.69) is 5.73 Å². The van der Waals surface area contributed by atoms with Crippen LogP contribution in [0.15, 0.2) is 0 Å². The zero-order valence-electron chi connectivity index (χ0n) is 6.70. The molecule has 0 aromatic carbocycles. The minimum Gasteiger partial charge on any atom is -0.370 e. The van der Waals surface area contributed by atoms with E-state index < -0.39 is 12.1 Å². The highest BCUT2D eigenvalue weighted by Crippen LogP contribution is 2.24. The number of hydrogen-bond acceptors (Lipinski definition) is 1. The third-order valence-electron chi connectivity index (χ3n) is 0.655. The zero-order chi connectivity index (χ0) is 9.65. The number of primary amides is 1. The maximum absolute atomic E-state index is 11.2. The third-order valence-corrected chi connectivity index (χ3v) is 0.655. The van der Waals surface area contributed by atoms with Crippen molar-refractivity contribution in [2.75, 3.05) is 0 Å². The molecule has 0 unspecified atom stereocenters. The van der Waals surface area contributed by atoms with Crippen LogP contribution < -0.4 is 5.73 Å². The molecule has 0 aliphatic heterocycles. The molecule has 0 saturated heterocycles. The van der Waals surface area contributed by atoms with Crippen molar-refractivity contribution >= 4 is 5.91 Å². The largest absolute Gasteiger partial charge is 0.391 e. The highest BCUT2D eigenvalue weighted by Gasteiger charge is 2.31. The van der Waals surface area contributed by atoms with Crippen LogP contribution in [-0.4, -0.2) is 12.1 Å². The van der Waals surface area contributed by atoms with Gasteiger partial charge in [0.15, 0.2) is 0 Å². The van der Waals surface area contributed by atoms with Crippen LogP contribution in [0.4, 0.5) is 13.2 Å². The Morgan fingerprint density at radius 1 is 1.36 bits per heavy atom. The summed E-state index contributed by atoms with van der Waals surface area (Å²) in [4.78, 5) is 9.22. The number of carbonyl (C=O) groups is 1. The summed E-state index contributed by atoms with van der Waals surface area (Å²) in [6, 6.07) is 0. The molecule has 0 aliphatic rings. The maximum atomic E-state index is 11.2. The van der Waals surface area contributed by atoms with Crippen molar-refractivity contribution in [2.24, 2.45) is 11.7 Å². The average molecular weight is 171 g/mol. The summed E-state index contributed by atoms with van der Waals surface area (Å²) in [5.41, 5.74) is 4.47. The summed E-state index contributed by atoms with van der Waals surface area (Å²) in [7, 11) is 0. The van der Waals surface area contributed by atoms with Crippen molar-refractivity contribution in [3.8, 4) is 0 Å². The second-order valence-corrected chi connectivity index (χ2v) is 2.31. The summed E-state index contributed by atoms with van der Waals surface area (Å²) in [6.07, 6.45) is -4.00. The normalized spacial score (nSPS) is 10.5. The van der Waals surface area contributed by atoms with Gasteiger partial charge in [0, 0.05) is 12.8 Å². The van der Waals surface area contributed by atoms with Gasteiger partial charge >= 0.3 is 6.18 Å². The molecule has 5 heteroatoms. The van der Waals surface area contributed by atoms with Crippen LogP contribution in [0.1, 0.15) is 20.8 Å². The van der Waals surface area contributed by atoms with Gasteiger partial charge in [-0.3, -0.25) is 4.79 Å². The first kappa shape index (κ1) is 12.9. The predicted molar refractivity (Wildman–Crippen MR) is 35.8 cm³/mol. The van der Waals surface area contributed by atoms with Crippen LogP contribution in [0.5, 0.6) is 0 Å². The van der Waals surface area contributed by atoms with E-state index >= 15 is 0 Å². The summed E-state index contributed by atoms with van der Waals surface area (Å²) in [5, 5.41) is 0. The molecule has 2 N–H and O–H groups in total. The van der Waals surface area contributed by atoms with Crippen molar-refractivity contribution in [3.63, 3.8) is 0 Å². The van der Waals surface area contributed by atoms with Gasteiger partial charge in [-0.05, 0) is 0 Å². The van der Waals surface area contributed by atoms with Gasteiger partial charge in [-0.2, -0.15) is 13.2 Å². The molecular formula is C6H12F3NO. The van der Waals surface area contributed by atoms with Crippen LogP contribution in [0.3, 0.4) is 0 Å². The van der Waals surface area contributed by atoms with Crippen molar-refractivity contribution < 1.29 is 18.0 Å². The summed E-state index contributed by atoms with van der Waals surface area (Å²) in [6.45, 7) is 3.56. The summed E-state index contributed by atoms with van der Waals surface area (Å²) in [5.74, 6) is -1.53. The van der Waals surface area contributed by atoms with Crippen molar-refractivity contribution in [2.45, 2.75) is 26.9 Å². The number of carbonyl (C=O) groups excluding carboxylic acids is 1. The Morgan fingerprint density at radius 3 is 1.45 bits per heavy atom. The number of alkyl halides is 3. The van der Waals surface area contributed by atoms with Gasteiger partial charge in [-0.15, -0.1) is 0 Å². The molecule has 0 atom stereocenters. The fourth-order valence-electron chi connectivity index (χ4n) is 0. The highest BCUT2D eigenvalue weighted by molar-refractivity contribution is 5.70. The first-order valence-corrected chi connectivity index (χ1v) is 3.00. The van der Waals surface area contributed by atoms with Crippen LogP contribution in [0, 0.1) is 5.92 Å². The molecule has 1 amide bonds. The molecule has 0 aliphatic carbocycles. The number of rotatable bonds is 0. The molecule has 68 valence electrons. The van der Waals surface area contributed by atoms with E-state index in [1.165, 1.54) is 6.92 Å². The predicted octanol–water partition coefficient (Wildman–Crippen LogP) is 1.70. The lowest BCUT2D eigenvalue weighted by Crippen LogP contribution is -2.15. The first-order valence-electron chi connectivity index (χ1n) is 3.00. The molecule has 0 bridgehead atoms. The van der Waals surface area contributed by atoms with Crippen molar-refractivity contribution in [1.82, 2.24) is 0 Å². The number of nitrogens with two attached hydrogens (primary N) is 1. The zero-order valence-corrected chi connectivity index (χ0v) is 6.70. The minimum atomic E-state index is -4.00. The molecule has 0 rings (SSSR count). The fraction of sp³-hybridized carbons (Fsp3) is 0.833. The second kappa shape index (κ2) is 4.98. The Hall–Kier alpha value is -0.740. The molecular weight excluding hydrogens is 159 g/mol. The molecule has 11 heavy (non-hydrogen) atoms. The molecule has 0 saturated carbocycles. The van der Waals surface area contributed by atoms with Gasteiger partial charge < -0.3 is 5.73 Å². The van der Waals surface area contributed by atoms with E-state index in [1.54, 1.807) is 0 Å². The third kappa shape index (κ3) is 17.6. The maximum Gasteiger partial charge on any atom is 0.391 e. The first-order chi connectivity index (χ1) is 4.68. The number of hydrogen-bond donors (Lipinski definition) is 1. The number of amides is 1. The average Bonchev–Trinajstić information content (AvgIpc) is 1.59. The van der Waals surface area contributed by atoms with Crippen LogP contribution >= 0.6 is 0 Å². The van der Waals surface area contributed by atoms with E-state index in [0.29, 0.717) is 0 Å². The smallest absolute Gasteiger partial charge is 0.370 e. The summed E-state index contributed by atoms with van der Waals surface area (Å²) >= 11 is 0. The lowest BCUT2D eigenvalue weighted by Gasteiger charge is -2.07. The monoisotopic (exact) mass is 171 g/mol. The lowest BCUT2D eigenvalue weighted by molar-refractivity contribution is -0.164. The molecule has 0 fully saturated rings. The van der Waals surface area contributed by atoms with Crippen LogP contribution in [0.2, 0.25) is 0 Å². The van der Waals surface area contributed by atoms with E-state index in [-0.39, 0.29) is 5.91 Å². The molecule has 0 spiro atoms. The molecule has 2 nitrogen and oxygen atoms in total. The SMILES string of the molecule is CC(C)C(F)(F)F.CC(N)=O. The van der Waals surface area contributed by atoms with Gasteiger partial charge in [-0.25, -0.2) is 0 Å². The Bertz CT molecular complexity index is 115. The fourth-order valence-corrected chi connectivity index (χ4v) is 0. The molecule has 0 aromatic rings. The Morgan fingerprint density at radius 2 is 1.45 bits per heavy atom. The number of halogens is 3. The van der Waals surface area contributed by atoms with Gasteiger partial charge in [0.2, 0.25) is 5.91 Å². The van der Waals surface area contributed by atoms with E-state index in [9.17, 15) is 18.0 Å². The van der Waals surface area contributed by atoms with Gasteiger partial charge in [0.25, 0.3) is 0 Å². The van der Waals surface area contributed by atoms with Gasteiger partial charge in [0.05, 0.1) is 0 Å². The van der Waals surface area contributed by atoms with E-state index in [0.717, 1.165) is 13.8 Å². The quantitative estimate of drug-likeness (QED) is 0.592. The summed E-state index contributed by atoms with van der Waals surface area (Å²) < 4.78 is 33.5. The molecule has 0 radical (unpaired) electrons. The molecule has 0 heterocycles. The van der Waals surface area contributed by atoms with Crippen LogP contribution in [-0.2, 0) is 4.79 Å². The lowest BCUT2D eigenvalue weighted by atomic mass is 10.2. The van der Waals surface area contributed by atoms with Crippen LogP contribution in [0.25, 0.3) is 0 Å². The van der Waals surface area contributed by atoms with E-state index in [1.807, 2.05) is 0 Å². The van der Waals surface area contributed by atoms with E-state index in [4.69, 9.17) is 0 Å². The highest BCUT2D eigenvalue weighted by atomic mass is 19.4.